The van der Waals surface area contributed by atoms with Gasteiger partial charge in [0.2, 0.25) is 0 Å². The lowest BCUT2D eigenvalue weighted by atomic mass is 9.96. The Morgan fingerprint density at radius 1 is 1.10 bits per heavy atom. The van der Waals surface area contributed by atoms with Gasteiger partial charge in [-0.05, 0) is 24.9 Å². The molecular weight excluding hydrogens is 246 g/mol. The van der Waals surface area contributed by atoms with E-state index in [0.717, 1.165) is 19.1 Å². The number of benzene rings is 1. The fraction of sp³-hybridized carbons (Fsp3) is 0.647. The van der Waals surface area contributed by atoms with Crippen molar-refractivity contribution in [3.8, 4) is 0 Å². The largest absolute Gasteiger partial charge is 0.330 e. The molecule has 3 nitrogen and oxygen atoms in total. The van der Waals surface area contributed by atoms with E-state index in [2.05, 4.69) is 40.1 Å². The van der Waals surface area contributed by atoms with Gasteiger partial charge < -0.3 is 5.73 Å². The Balaban J connectivity index is 1.59. The van der Waals surface area contributed by atoms with E-state index in [1.807, 2.05) is 0 Å². The lowest BCUT2D eigenvalue weighted by Gasteiger charge is -2.44. The Morgan fingerprint density at radius 2 is 1.95 bits per heavy atom. The van der Waals surface area contributed by atoms with Gasteiger partial charge in [-0.3, -0.25) is 9.80 Å². The second kappa shape index (κ2) is 6.70. The zero-order valence-electron chi connectivity index (χ0n) is 12.4. The first kappa shape index (κ1) is 14.1. The lowest BCUT2D eigenvalue weighted by Crippen LogP contribution is -2.55. The fourth-order valence-electron chi connectivity index (χ4n) is 3.74. The van der Waals surface area contributed by atoms with Gasteiger partial charge in [-0.1, -0.05) is 36.8 Å². The van der Waals surface area contributed by atoms with Gasteiger partial charge in [0.1, 0.15) is 0 Å². The molecule has 2 atom stereocenters. The second-order valence-electron chi connectivity index (χ2n) is 6.29. The zero-order chi connectivity index (χ0) is 13.8. The van der Waals surface area contributed by atoms with Crippen molar-refractivity contribution >= 4 is 0 Å². The zero-order valence-corrected chi connectivity index (χ0v) is 12.4. The van der Waals surface area contributed by atoms with Crippen molar-refractivity contribution in [2.45, 2.75) is 31.2 Å². The summed E-state index contributed by atoms with van der Waals surface area (Å²) >= 11 is 0. The SMILES string of the molecule is NCC(CN1CCN2CCCCC2C1)c1ccccc1. The van der Waals surface area contributed by atoms with E-state index in [1.165, 1.54) is 51.0 Å². The molecule has 0 aromatic heterocycles. The normalized spacial score (nSPS) is 26.1. The summed E-state index contributed by atoms with van der Waals surface area (Å²) < 4.78 is 0. The molecule has 2 N–H and O–H groups in total. The molecule has 2 aliphatic heterocycles. The highest BCUT2D eigenvalue weighted by atomic mass is 15.3. The van der Waals surface area contributed by atoms with E-state index in [-0.39, 0.29) is 0 Å². The van der Waals surface area contributed by atoms with E-state index in [1.54, 1.807) is 0 Å². The molecule has 0 saturated carbocycles. The standard InChI is InChI=1S/C17H27N3/c18-12-16(15-6-2-1-3-7-15)13-19-10-11-20-9-5-4-8-17(20)14-19/h1-3,6-7,16-17H,4-5,8-14,18H2. The first-order chi connectivity index (χ1) is 9.86. The molecule has 2 fully saturated rings. The van der Waals surface area contributed by atoms with Gasteiger partial charge in [0, 0.05) is 44.7 Å². The molecule has 0 aliphatic carbocycles. The summed E-state index contributed by atoms with van der Waals surface area (Å²) in [6, 6.07) is 11.6. The molecule has 0 bridgehead atoms. The summed E-state index contributed by atoms with van der Waals surface area (Å²) in [5.74, 6) is 0.478. The quantitative estimate of drug-likeness (QED) is 0.909. The van der Waals surface area contributed by atoms with Crippen molar-refractivity contribution in [3.05, 3.63) is 35.9 Å². The maximum Gasteiger partial charge on any atom is 0.0223 e. The summed E-state index contributed by atoms with van der Waals surface area (Å²) in [6.07, 6.45) is 4.19. The maximum absolute atomic E-state index is 6.02. The van der Waals surface area contributed by atoms with Crippen molar-refractivity contribution < 1.29 is 0 Å². The molecule has 20 heavy (non-hydrogen) atoms. The number of nitrogens with two attached hydrogens (primary N) is 1. The smallest absolute Gasteiger partial charge is 0.0223 e. The third-order valence-corrected chi connectivity index (χ3v) is 4.96. The Morgan fingerprint density at radius 3 is 2.75 bits per heavy atom. The highest BCUT2D eigenvalue weighted by molar-refractivity contribution is 5.20. The van der Waals surface area contributed by atoms with Crippen molar-refractivity contribution in [3.63, 3.8) is 0 Å². The predicted molar refractivity (Wildman–Crippen MR) is 83.9 cm³/mol. The molecule has 2 unspecified atom stereocenters. The van der Waals surface area contributed by atoms with Gasteiger partial charge in [-0.25, -0.2) is 0 Å². The Labute approximate surface area is 122 Å². The van der Waals surface area contributed by atoms with Crippen LogP contribution in [0.3, 0.4) is 0 Å². The number of nitrogens with zero attached hydrogens (tertiary/aromatic N) is 2. The highest BCUT2D eigenvalue weighted by Crippen LogP contribution is 2.23. The average molecular weight is 273 g/mol. The first-order valence-corrected chi connectivity index (χ1v) is 8.08. The third kappa shape index (κ3) is 3.22. The molecule has 1 aromatic carbocycles. The average Bonchev–Trinajstić information content (AvgIpc) is 2.53. The molecular formula is C17H27N3. The Bertz CT molecular complexity index is 406. The van der Waals surface area contributed by atoms with Crippen LogP contribution in [0.15, 0.2) is 30.3 Å². The molecule has 3 rings (SSSR count). The molecule has 2 saturated heterocycles. The molecule has 1 aromatic rings. The fourth-order valence-corrected chi connectivity index (χ4v) is 3.74. The van der Waals surface area contributed by atoms with Gasteiger partial charge in [-0.2, -0.15) is 0 Å². The number of piperazine rings is 1. The van der Waals surface area contributed by atoms with Crippen molar-refractivity contribution in [2.75, 3.05) is 39.3 Å². The van der Waals surface area contributed by atoms with E-state index in [9.17, 15) is 0 Å². The van der Waals surface area contributed by atoms with E-state index < -0.39 is 0 Å². The minimum absolute atomic E-state index is 0.478. The predicted octanol–water partition coefficient (Wildman–Crippen LogP) is 1.90. The number of fused-ring (bicyclic) bond motifs is 1. The summed E-state index contributed by atoms with van der Waals surface area (Å²) in [5.41, 5.74) is 7.41. The summed E-state index contributed by atoms with van der Waals surface area (Å²) in [4.78, 5) is 5.33. The maximum atomic E-state index is 6.02. The number of hydrogen-bond donors (Lipinski definition) is 1. The van der Waals surface area contributed by atoms with Gasteiger partial charge in [0.05, 0.1) is 0 Å². The van der Waals surface area contributed by atoms with Crippen LogP contribution in [0.5, 0.6) is 0 Å². The monoisotopic (exact) mass is 273 g/mol. The molecule has 3 heteroatoms. The lowest BCUT2D eigenvalue weighted by molar-refractivity contribution is 0.0467. The summed E-state index contributed by atoms with van der Waals surface area (Å²) in [7, 11) is 0. The van der Waals surface area contributed by atoms with Crippen LogP contribution in [0, 0.1) is 0 Å². The molecule has 2 heterocycles. The molecule has 0 radical (unpaired) electrons. The minimum Gasteiger partial charge on any atom is -0.330 e. The van der Waals surface area contributed by atoms with Crippen LogP contribution in [0.1, 0.15) is 30.7 Å². The number of rotatable bonds is 4. The van der Waals surface area contributed by atoms with Crippen LogP contribution in [0.25, 0.3) is 0 Å². The molecule has 2 aliphatic rings. The van der Waals surface area contributed by atoms with Gasteiger partial charge >= 0.3 is 0 Å². The van der Waals surface area contributed by atoms with Gasteiger partial charge in [0.25, 0.3) is 0 Å². The van der Waals surface area contributed by atoms with Crippen LogP contribution >= 0.6 is 0 Å². The number of hydrogen-bond acceptors (Lipinski definition) is 3. The first-order valence-electron chi connectivity index (χ1n) is 8.08. The summed E-state index contributed by atoms with van der Waals surface area (Å²) in [5, 5.41) is 0. The van der Waals surface area contributed by atoms with Gasteiger partial charge in [0.15, 0.2) is 0 Å². The minimum atomic E-state index is 0.478. The van der Waals surface area contributed by atoms with Crippen LogP contribution < -0.4 is 5.73 Å². The van der Waals surface area contributed by atoms with E-state index >= 15 is 0 Å². The third-order valence-electron chi connectivity index (χ3n) is 4.96. The van der Waals surface area contributed by atoms with E-state index in [0.29, 0.717) is 5.92 Å². The summed E-state index contributed by atoms with van der Waals surface area (Å²) in [6.45, 7) is 6.87. The van der Waals surface area contributed by atoms with Crippen molar-refractivity contribution in [1.29, 1.82) is 0 Å². The van der Waals surface area contributed by atoms with Crippen molar-refractivity contribution in [1.82, 2.24) is 9.80 Å². The van der Waals surface area contributed by atoms with Gasteiger partial charge in [-0.15, -0.1) is 0 Å². The molecule has 0 amide bonds. The molecule has 110 valence electrons. The Hall–Kier alpha value is -0.900. The molecule has 0 spiro atoms. The van der Waals surface area contributed by atoms with Crippen molar-refractivity contribution in [2.24, 2.45) is 5.73 Å². The van der Waals surface area contributed by atoms with Crippen LogP contribution in [-0.4, -0.2) is 55.1 Å². The number of piperidine rings is 1. The second-order valence-corrected chi connectivity index (χ2v) is 6.29. The topological polar surface area (TPSA) is 32.5 Å². The van der Waals surface area contributed by atoms with Crippen LogP contribution in [-0.2, 0) is 0 Å². The highest BCUT2D eigenvalue weighted by Gasteiger charge is 2.29. The van der Waals surface area contributed by atoms with Crippen LogP contribution in [0.2, 0.25) is 0 Å². The van der Waals surface area contributed by atoms with Crippen LogP contribution in [0.4, 0.5) is 0 Å². The van der Waals surface area contributed by atoms with E-state index in [4.69, 9.17) is 5.73 Å². The Kier molecular flexibility index (Phi) is 4.71.